The molecule has 0 saturated carbocycles. The summed E-state index contributed by atoms with van der Waals surface area (Å²) < 4.78 is 5.12. The molecule has 23 heavy (non-hydrogen) atoms. The van der Waals surface area contributed by atoms with Crippen LogP contribution in [0.5, 0.6) is 5.75 Å². The van der Waals surface area contributed by atoms with Crippen molar-refractivity contribution in [3.05, 3.63) is 59.2 Å². The predicted octanol–water partition coefficient (Wildman–Crippen LogP) is 2.57. The highest BCUT2D eigenvalue weighted by Gasteiger charge is 2.14. The Morgan fingerprint density at radius 3 is 2.52 bits per heavy atom. The van der Waals surface area contributed by atoms with Gasteiger partial charge in [0.25, 0.3) is 0 Å². The van der Waals surface area contributed by atoms with Crippen LogP contribution in [0.1, 0.15) is 16.7 Å². The van der Waals surface area contributed by atoms with Gasteiger partial charge in [0.2, 0.25) is 0 Å². The fraction of sp³-hybridized carbons (Fsp3) is 0.222. The highest BCUT2D eigenvalue weighted by molar-refractivity contribution is 6.39. The Labute approximate surface area is 135 Å². The molecule has 0 unspecified atom stereocenters. The highest BCUT2D eigenvalue weighted by atomic mass is 16.5. The number of methoxy groups -OCH3 is 1. The van der Waals surface area contributed by atoms with Gasteiger partial charge in [-0.25, -0.2) is 0 Å². The van der Waals surface area contributed by atoms with E-state index in [1.54, 1.807) is 13.2 Å². The Balaban J connectivity index is 1.93. The van der Waals surface area contributed by atoms with Gasteiger partial charge in [-0.3, -0.25) is 9.59 Å². The van der Waals surface area contributed by atoms with Crippen molar-refractivity contribution in [1.82, 2.24) is 5.32 Å². The SMILES string of the molecule is COc1cccc(CNC(=O)C(=O)Nc2ccc(C)cc2C)c1. The number of rotatable bonds is 4. The zero-order valence-corrected chi connectivity index (χ0v) is 13.5. The van der Waals surface area contributed by atoms with Gasteiger partial charge in [-0.1, -0.05) is 29.8 Å². The summed E-state index contributed by atoms with van der Waals surface area (Å²) in [5.74, 6) is -0.649. The molecule has 0 aliphatic heterocycles. The van der Waals surface area contributed by atoms with E-state index in [1.807, 2.05) is 50.2 Å². The summed E-state index contributed by atoms with van der Waals surface area (Å²) in [6.07, 6.45) is 0. The first kappa shape index (κ1) is 16.5. The number of anilines is 1. The molecule has 120 valence electrons. The van der Waals surface area contributed by atoms with Crippen molar-refractivity contribution in [3.8, 4) is 5.75 Å². The van der Waals surface area contributed by atoms with Crippen LogP contribution in [-0.2, 0) is 16.1 Å². The molecule has 2 aromatic rings. The Morgan fingerprint density at radius 1 is 1.04 bits per heavy atom. The van der Waals surface area contributed by atoms with Crippen molar-refractivity contribution in [1.29, 1.82) is 0 Å². The quantitative estimate of drug-likeness (QED) is 0.853. The summed E-state index contributed by atoms with van der Waals surface area (Å²) in [5, 5.41) is 5.21. The molecule has 0 aromatic heterocycles. The minimum atomic E-state index is -0.681. The molecule has 2 rings (SSSR count). The maximum absolute atomic E-state index is 11.9. The van der Waals surface area contributed by atoms with E-state index in [0.717, 1.165) is 16.7 Å². The molecule has 2 N–H and O–H groups in total. The van der Waals surface area contributed by atoms with Crippen LogP contribution in [0.15, 0.2) is 42.5 Å². The molecule has 2 aromatic carbocycles. The van der Waals surface area contributed by atoms with Crippen molar-refractivity contribution < 1.29 is 14.3 Å². The second kappa shape index (κ2) is 7.45. The largest absolute Gasteiger partial charge is 0.497 e. The van der Waals surface area contributed by atoms with E-state index < -0.39 is 11.8 Å². The number of carbonyl (C=O) groups is 2. The molecule has 2 amide bonds. The van der Waals surface area contributed by atoms with Gasteiger partial charge in [0.05, 0.1) is 7.11 Å². The minimum absolute atomic E-state index is 0.260. The lowest BCUT2D eigenvalue weighted by atomic mass is 10.1. The number of ether oxygens (including phenoxy) is 1. The molecular formula is C18H20N2O3. The number of amides is 2. The number of nitrogens with one attached hydrogen (secondary N) is 2. The summed E-state index contributed by atoms with van der Waals surface area (Å²) in [4.78, 5) is 23.8. The molecular weight excluding hydrogens is 292 g/mol. The number of benzene rings is 2. The van der Waals surface area contributed by atoms with E-state index in [2.05, 4.69) is 10.6 Å². The number of hydrogen-bond donors (Lipinski definition) is 2. The van der Waals surface area contributed by atoms with Crippen molar-refractivity contribution in [2.75, 3.05) is 12.4 Å². The topological polar surface area (TPSA) is 67.4 Å². The minimum Gasteiger partial charge on any atom is -0.497 e. The van der Waals surface area contributed by atoms with Crippen LogP contribution in [0.3, 0.4) is 0 Å². The molecule has 0 saturated heterocycles. The first-order chi connectivity index (χ1) is 11.0. The molecule has 0 fully saturated rings. The molecule has 0 aliphatic carbocycles. The van der Waals surface area contributed by atoms with E-state index in [1.165, 1.54) is 0 Å². The highest BCUT2D eigenvalue weighted by Crippen LogP contribution is 2.16. The Morgan fingerprint density at radius 2 is 1.83 bits per heavy atom. The van der Waals surface area contributed by atoms with E-state index >= 15 is 0 Å². The molecule has 0 aliphatic rings. The maximum atomic E-state index is 11.9. The summed E-state index contributed by atoms with van der Waals surface area (Å²) >= 11 is 0. The van der Waals surface area contributed by atoms with Gasteiger partial charge in [0.1, 0.15) is 5.75 Å². The number of hydrogen-bond acceptors (Lipinski definition) is 3. The van der Waals surface area contributed by atoms with Crippen LogP contribution in [0, 0.1) is 13.8 Å². The summed E-state index contributed by atoms with van der Waals surface area (Å²) in [6, 6.07) is 12.9. The fourth-order valence-electron chi connectivity index (χ4n) is 2.18. The lowest BCUT2D eigenvalue weighted by Crippen LogP contribution is -2.35. The Bertz CT molecular complexity index is 726. The van der Waals surface area contributed by atoms with Crippen LogP contribution in [0.25, 0.3) is 0 Å². The van der Waals surface area contributed by atoms with Gasteiger partial charge in [0, 0.05) is 12.2 Å². The van der Waals surface area contributed by atoms with Gasteiger partial charge < -0.3 is 15.4 Å². The lowest BCUT2D eigenvalue weighted by molar-refractivity contribution is -0.136. The Kier molecular flexibility index (Phi) is 5.36. The van der Waals surface area contributed by atoms with Crippen LogP contribution < -0.4 is 15.4 Å². The van der Waals surface area contributed by atoms with Crippen LogP contribution >= 0.6 is 0 Å². The Hall–Kier alpha value is -2.82. The van der Waals surface area contributed by atoms with Gasteiger partial charge in [-0.05, 0) is 43.2 Å². The molecule has 0 spiro atoms. The average Bonchev–Trinajstić information content (AvgIpc) is 2.55. The van der Waals surface area contributed by atoms with E-state index in [-0.39, 0.29) is 6.54 Å². The normalized spacial score (nSPS) is 10.0. The number of carbonyl (C=O) groups excluding carboxylic acids is 2. The summed E-state index contributed by atoms with van der Waals surface area (Å²) in [7, 11) is 1.58. The van der Waals surface area contributed by atoms with Crippen molar-refractivity contribution in [2.45, 2.75) is 20.4 Å². The zero-order chi connectivity index (χ0) is 16.8. The lowest BCUT2D eigenvalue weighted by Gasteiger charge is -2.10. The van der Waals surface area contributed by atoms with Crippen molar-refractivity contribution in [3.63, 3.8) is 0 Å². The summed E-state index contributed by atoms with van der Waals surface area (Å²) in [6.45, 7) is 4.12. The molecule has 0 heterocycles. The van der Waals surface area contributed by atoms with Crippen LogP contribution in [0.2, 0.25) is 0 Å². The van der Waals surface area contributed by atoms with Crippen molar-refractivity contribution in [2.24, 2.45) is 0 Å². The maximum Gasteiger partial charge on any atom is 0.313 e. The first-order valence-corrected chi connectivity index (χ1v) is 7.29. The van der Waals surface area contributed by atoms with E-state index in [9.17, 15) is 9.59 Å². The van der Waals surface area contributed by atoms with Gasteiger partial charge in [-0.2, -0.15) is 0 Å². The van der Waals surface area contributed by atoms with Crippen LogP contribution in [-0.4, -0.2) is 18.9 Å². The predicted molar refractivity (Wildman–Crippen MR) is 89.4 cm³/mol. The van der Waals surface area contributed by atoms with Gasteiger partial charge in [0.15, 0.2) is 0 Å². The van der Waals surface area contributed by atoms with Gasteiger partial charge in [-0.15, -0.1) is 0 Å². The first-order valence-electron chi connectivity index (χ1n) is 7.29. The average molecular weight is 312 g/mol. The monoisotopic (exact) mass is 312 g/mol. The third kappa shape index (κ3) is 4.57. The number of aryl methyl sites for hydroxylation is 2. The summed E-state index contributed by atoms with van der Waals surface area (Å²) in [5.41, 5.74) is 3.51. The third-order valence-electron chi connectivity index (χ3n) is 3.42. The molecule has 0 atom stereocenters. The smallest absolute Gasteiger partial charge is 0.313 e. The standard InChI is InChI=1S/C18H20N2O3/c1-12-7-8-16(13(2)9-12)20-18(22)17(21)19-11-14-5-4-6-15(10-14)23-3/h4-10H,11H2,1-3H3,(H,19,21)(H,20,22). The molecule has 0 bridgehead atoms. The molecule has 0 radical (unpaired) electrons. The third-order valence-corrected chi connectivity index (χ3v) is 3.42. The van der Waals surface area contributed by atoms with Crippen molar-refractivity contribution >= 4 is 17.5 Å². The second-order valence-electron chi connectivity index (χ2n) is 5.31. The second-order valence-corrected chi connectivity index (χ2v) is 5.31. The van der Waals surface area contributed by atoms with E-state index in [4.69, 9.17) is 4.74 Å². The van der Waals surface area contributed by atoms with E-state index in [0.29, 0.717) is 11.4 Å². The van der Waals surface area contributed by atoms with Gasteiger partial charge >= 0.3 is 11.8 Å². The zero-order valence-electron chi connectivity index (χ0n) is 13.5. The molecule has 5 nitrogen and oxygen atoms in total. The fourth-order valence-corrected chi connectivity index (χ4v) is 2.18. The van der Waals surface area contributed by atoms with Crippen LogP contribution in [0.4, 0.5) is 5.69 Å². The molecule has 5 heteroatoms.